The maximum absolute atomic E-state index is 5.48. The van der Waals surface area contributed by atoms with E-state index >= 15 is 0 Å². The fourth-order valence-electron chi connectivity index (χ4n) is 4.04. The molecule has 3 heterocycles. The van der Waals surface area contributed by atoms with Crippen molar-refractivity contribution in [1.29, 1.82) is 0 Å². The molecule has 1 aromatic heterocycles. The van der Waals surface area contributed by atoms with Crippen molar-refractivity contribution in [3.8, 4) is 0 Å². The van der Waals surface area contributed by atoms with E-state index in [1.165, 1.54) is 17.5 Å². The van der Waals surface area contributed by atoms with Crippen LogP contribution in [0, 0.1) is 0 Å². The van der Waals surface area contributed by atoms with Crippen molar-refractivity contribution >= 4 is 5.96 Å². The van der Waals surface area contributed by atoms with Crippen LogP contribution in [-0.4, -0.2) is 77.8 Å². The summed E-state index contributed by atoms with van der Waals surface area (Å²) in [7, 11) is 1.87. The summed E-state index contributed by atoms with van der Waals surface area (Å²) in [6.45, 7) is 7.57. The molecule has 28 heavy (non-hydrogen) atoms. The van der Waals surface area contributed by atoms with Crippen LogP contribution in [0.25, 0.3) is 0 Å². The van der Waals surface area contributed by atoms with Crippen molar-refractivity contribution in [2.45, 2.75) is 25.6 Å². The van der Waals surface area contributed by atoms with Crippen LogP contribution in [0.4, 0.5) is 0 Å². The molecule has 0 saturated carbocycles. The van der Waals surface area contributed by atoms with Crippen LogP contribution in [0.2, 0.25) is 0 Å². The largest absolute Gasteiger partial charge is 0.379 e. The van der Waals surface area contributed by atoms with E-state index in [1.807, 2.05) is 25.8 Å². The van der Waals surface area contributed by atoms with E-state index in [9.17, 15) is 0 Å². The Balaban J connectivity index is 1.27. The van der Waals surface area contributed by atoms with Gasteiger partial charge in [0.15, 0.2) is 5.96 Å². The van der Waals surface area contributed by atoms with Gasteiger partial charge in [-0.3, -0.25) is 9.89 Å². The molecule has 1 unspecified atom stereocenters. The molecule has 1 N–H and O–H groups in total. The fourth-order valence-corrected chi connectivity index (χ4v) is 4.04. The first-order chi connectivity index (χ1) is 13.8. The van der Waals surface area contributed by atoms with Gasteiger partial charge in [-0.1, -0.05) is 24.3 Å². The lowest BCUT2D eigenvalue weighted by atomic mass is 10.1. The summed E-state index contributed by atoms with van der Waals surface area (Å²) in [6, 6.07) is 9.36. The average Bonchev–Trinajstić information content (AvgIpc) is 3.43. The van der Waals surface area contributed by atoms with E-state index in [4.69, 9.17) is 4.74 Å². The number of rotatable bonds is 5. The summed E-state index contributed by atoms with van der Waals surface area (Å²) in [4.78, 5) is 13.6. The van der Waals surface area contributed by atoms with Gasteiger partial charge in [0.1, 0.15) is 0 Å². The fraction of sp³-hybridized carbons (Fsp3) is 0.524. The number of aliphatic imine (C=N–C) groups is 1. The van der Waals surface area contributed by atoms with Crippen LogP contribution in [0.5, 0.6) is 0 Å². The van der Waals surface area contributed by atoms with E-state index in [2.05, 4.69) is 53.9 Å². The molecule has 2 aliphatic rings. The van der Waals surface area contributed by atoms with Gasteiger partial charge in [0.2, 0.25) is 0 Å². The van der Waals surface area contributed by atoms with Crippen molar-refractivity contribution in [2.75, 3.05) is 46.4 Å². The van der Waals surface area contributed by atoms with Gasteiger partial charge >= 0.3 is 0 Å². The Morgan fingerprint density at radius 1 is 1.18 bits per heavy atom. The van der Waals surface area contributed by atoms with E-state index in [-0.39, 0.29) is 0 Å². The Labute approximate surface area is 167 Å². The maximum Gasteiger partial charge on any atom is 0.193 e. The number of morpholine rings is 1. The number of nitrogens with zero attached hydrogens (tertiary/aromatic N) is 5. The van der Waals surface area contributed by atoms with Crippen LogP contribution in [0.1, 0.15) is 17.5 Å². The Morgan fingerprint density at radius 3 is 2.68 bits per heavy atom. The lowest BCUT2D eigenvalue weighted by molar-refractivity contribution is 0.0195. The zero-order chi connectivity index (χ0) is 19.2. The Morgan fingerprint density at radius 2 is 1.96 bits per heavy atom. The lowest BCUT2D eigenvalue weighted by Crippen LogP contribution is -2.46. The molecule has 2 saturated heterocycles. The van der Waals surface area contributed by atoms with E-state index in [1.54, 1.807) is 0 Å². The molecule has 0 bridgehead atoms. The maximum atomic E-state index is 5.48. The molecule has 1 atom stereocenters. The zero-order valence-electron chi connectivity index (χ0n) is 16.6. The summed E-state index contributed by atoms with van der Waals surface area (Å²) < 4.78 is 7.56. The second-order valence-corrected chi connectivity index (χ2v) is 7.49. The predicted molar refractivity (Wildman–Crippen MR) is 110 cm³/mol. The summed E-state index contributed by atoms with van der Waals surface area (Å²) in [5, 5.41) is 3.53. The van der Waals surface area contributed by atoms with E-state index in [0.29, 0.717) is 6.04 Å². The minimum atomic E-state index is 0.616. The number of imidazole rings is 1. The highest BCUT2D eigenvalue weighted by atomic mass is 16.5. The molecule has 1 aromatic carbocycles. The van der Waals surface area contributed by atoms with Gasteiger partial charge in [-0.2, -0.15) is 0 Å². The first kappa shape index (κ1) is 19.0. The standard InChI is InChI=1S/C21H30N6O/c1-22-21(27-8-6-20(16-27)26-10-12-28-13-11-26)24-14-18-2-4-19(5-3-18)15-25-9-7-23-17-25/h2-5,7,9,17,20H,6,8,10-16H2,1H3,(H,22,24). The predicted octanol–water partition coefficient (Wildman–Crippen LogP) is 1.41. The third-order valence-electron chi connectivity index (χ3n) is 5.63. The quantitative estimate of drug-likeness (QED) is 0.626. The lowest BCUT2D eigenvalue weighted by Gasteiger charge is -2.32. The molecular weight excluding hydrogens is 352 g/mol. The molecule has 0 spiro atoms. The Kier molecular flexibility index (Phi) is 6.24. The highest BCUT2D eigenvalue weighted by Crippen LogP contribution is 2.17. The van der Waals surface area contributed by atoms with Crippen molar-refractivity contribution in [2.24, 2.45) is 4.99 Å². The minimum absolute atomic E-state index is 0.616. The number of aromatic nitrogens is 2. The number of nitrogens with one attached hydrogen (secondary N) is 1. The molecule has 2 fully saturated rings. The molecule has 150 valence electrons. The zero-order valence-corrected chi connectivity index (χ0v) is 16.6. The molecule has 4 rings (SSSR count). The Hall–Kier alpha value is -2.38. The van der Waals surface area contributed by atoms with Crippen molar-refractivity contribution in [3.63, 3.8) is 0 Å². The number of guanidine groups is 1. The monoisotopic (exact) mass is 382 g/mol. The van der Waals surface area contributed by atoms with Crippen LogP contribution < -0.4 is 5.32 Å². The average molecular weight is 383 g/mol. The summed E-state index contributed by atoms with van der Waals surface area (Å²) in [5.41, 5.74) is 2.54. The van der Waals surface area contributed by atoms with E-state index in [0.717, 1.165) is 58.4 Å². The molecule has 0 radical (unpaired) electrons. The molecule has 2 aliphatic heterocycles. The number of benzene rings is 1. The first-order valence-corrected chi connectivity index (χ1v) is 10.1. The number of likely N-dealkylation sites (tertiary alicyclic amines) is 1. The van der Waals surface area contributed by atoms with Gasteiger partial charge in [-0.25, -0.2) is 4.98 Å². The Bertz CT molecular complexity index is 752. The molecular formula is C21H30N6O. The molecule has 7 nitrogen and oxygen atoms in total. The first-order valence-electron chi connectivity index (χ1n) is 10.1. The molecule has 7 heteroatoms. The van der Waals surface area contributed by atoms with Gasteiger partial charge in [0.25, 0.3) is 0 Å². The summed E-state index contributed by atoms with van der Waals surface area (Å²) in [6.07, 6.45) is 6.84. The van der Waals surface area contributed by atoms with Gasteiger partial charge in [0, 0.05) is 64.8 Å². The van der Waals surface area contributed by atoms with Gasteiger partial charge in [-0.15, -0.1) is 0 Å². The second-order valence-electron chi connectivity index (χ2n) is 7.49. The van der Waals surface area contributed by atoms with Crippen LogP contribution >= 0.6 is 0 Å². The summed E-state index contributed by atoms with van der Waals surface area (Å²) in [5.74, 6) is 0.998. The second kappa shape index (κ2) is 9.21. The minimum Gasteiger partial charge on any atom is -0.379 e. The normalized spacial score (nSPS) is 21.2. The van der Waals surface area contributed by atoms with Crippen LogP contribution in [-0.2, 0) is 17.8 Å². The highest BCUT2D eigenvalue weighted by molar-refractivity contribution is 5.80. The van der Waals surface area contributed by atoms with Gasteiger partial charge in [-0.05, 0) is 17.5 Å². The van der Waals surface area contributed by atoms with Crippen molar-refractivity contribution < 1.29 is 4.74 Å². The highest BCUT2D eigenvalue weighted by Gasteiger charge is 2.30. The van der Waals surface area contributed by atoms with Crippen LogP contribution in [0.15, 0.2) is 48.0 Å². The third-order valence-corrected chi connectivity index (χ3v) is 5.63. The number of hydrogen-bond acceptors (Lipinski definition) is 4. The van der Waals surface area contributed by atoms with Gasteiger partial charge < -0.3 is 19.5 Å². The topological polar surface area (TPSA) is 57.9 Å². The van der Waals surface area contributed by atoms with Crippen molar-refractivity contribution in [3.05, 3.63) is 54.1 Å². The van der Waals surface area contributed by atoms with Crippen LogP contribution in [0.3, 0.4) is 0 Å². The number of ether oxygens (including phenoxy) is 1. The van der Waals surface area contributed by atoms with Crippen molar-refractivity contribution in [1.82, 2.24) is 24.7 Å². The number of hydrogen-bond donors (Lipinski definition) is 1. The van der Waals surface area contributed by atoms with E-state index < -0.39 is 0 Å². The molecule has 2 aromatic rings. The SMILES string of the molecule is CN=C(NCc1ccc(Cn2ccnc2)cc1)N1CCC(N2CCOCC2)C1. The van der Waals surface area contributed by atoms with Gasteiger partial charge in [0.05, 0.1) is 19.5 Å². The third kappa shape index (κ3) is 4.72. The molecule has 0 aliphatic carbocycles. The smallest absolute Gasteiger partial charge is 0.193 e. The summed E-state index contributed by atoms with van der Waals surface area (Å²) >= 11 is 0. The molecule has 0 amide bonds.